The largest absolute Gasteiger partial charge is 0.366 e. The van der Waals surface area contributed by atoms with Crippen molar-refractivity contribution >= 4 is 11.8 Å². The Balaban J connectivity index is 2.81. The standard InChI is InChI=1S/C17H17FN2O2/c1-9(2)10-6-11(8-12(18)7-10)15-13(16(19)21)4-3-5-14(15)17(20)22/h3-9H,1-2H3,(H2,19,21)(H2,20,22). The Hall–Kier alpha value is -2.69. The normalized spacial score (nSPS) is 10.7. The molecule has 0 bridgehead atoms. The Bertz CT molecular complexity index is 722. The summed E-state index contributed by atoms with van der Waals surface area (Å²) in [6.45, 7) is 3.85. The van der Waals surface area contributed by atoms with Gasteiger partial charge in [0.15, 0.2) is 0 Å². The van der Waals surface area contributed by atoms with Crippen LogP contribution >= 0.6 is 0 Å². The molecule has 0 unspecified atom stereocenters. The van der Waals surface area contributed by atoms with Crippen LogP contribution in [0.25, 0.3) is 11.1 Å². The zero-order valence-corrected chi connectivity index (χ0v) is 12.4. The second-order valence-corrected chi connectivity index (χ2v) is 5.38. The van der Waals surface area contributed by atoms with E-state index >= 15 is 0 Å². The molecule has 4 nitrogen and oxygen atoms in total. The molecule has 0 aliphatic heterocycles. The summed E-state index contributed by atoms with van der Waals surface area (Å²) >= 11 is 0. The van der Waals surface area contributed by atoms with Gasteiger partial charge in [-0.15, -0.1) is 0 Å². The molecular weight excluding hydrogens is 283 g/mol. The zero-order chi connectivity index (χ0) is 16.4. The summed E-state index contributed by atoms with van der Waals surface area (Å²) in [6.07, 6.45) is 0. The molecule has 0 saturated heterocycles. The highest BCUT2D eigenvalue weighted by Crippen LogP contribution is 2.31. The first-order chi connectivity index (χ1) is 10.3. The van der Waals surface area contributed by atoms with Crippen molar-refractivity contribution in [1.29, 1.82) is 0 Å². The Morgan fingerprint density at radius 3 is 2.00 bits per heavy atom. The molecule has 2 rings (SSSR count). The van der Waals surface area contributed by atoms with Crippen LogP contribution in [0.3, 0.4) is 0 Å². The van der Waals surface area contributed by atoms with Gasteiger partial charge in [0.2, 0.25) is 11.8 Å². The molecule has 2 aromatic carbocycles. The van der Waals surface area contributed by atoms with E-state index in [0.29, 0.717) is 5.56 Å². The lowest BCUT2D eigenvalue weighted by molar-refractivity contribution is 0.0999. The van der Waals surface area contributed by atoms with E-state index in [1.165, 1.54) is 30.3 Å². The van der Waals surface area contributed by atoms with Gasteiger partial charge in [-0.3, -0.25) is 9.59 Å². The van der Waals surface area contributed by atoms with Crippen molar-refractivity contribution < 1.29 is 14.0 Å². The van der Waals surface area contributed by atoms with Crippen LogP contribution < -0.4 is 11.5 Å². The van der Waals surface area contributed by atoms with Gasteiger partial charge < -0.3 is 11.5 Å². The number of nitrogens with two attached hydrogens (primary N) is 2. The fourth-order valence-electron chi connectivity index (χ4n) is 2.36. The van der Waals surface area contributed by atoms with Crippen molar-refractivity contribution in [1.82, 2.24) is 0 Å². The predicted octanol–water partition coefficient (Wildman–Crippen LogP) is 2.81. The van der Waals surface area contributed by atoms with Crippen LogP contribution in [0.2, 0.25) is 0 Å². The van der Waals surface area contributed by atoms with Crippen LogP contribution in [0, 0.1) is 5.82 Å². The maximum Gasteiger partial charge on any atom is 0.249 e. The molecular formula is C17H17FN2O2. The van der Waals surface area contributed by atoms with E-state index in [4.69, 9.17) is 11.5 Å². The summed E-state index contributed by atoms with van der Waals surface area (Å²) in [5.41, 5.74) is 12.4. The summed E-state index contributed by atoms with van der Waals surface area (Å²) in [5, 5.41) is 0. The highest BCUT2D eigenvalue weighted by atomic mass is 19.1. The molecule has 0 aliphatic carbocycles. The lowest BCUT2D eigenvalue weighted by Crippen LogP contribution is -2.18. The highest BCUT2D eigenvalue weighted by Gasteiger charge is 2.19. The van der Waals surface area contributed by atoms with Crippen LogP contribution in [-0.4, -0.2) is 11.8 Å². The summed E-state index contributed by atoms with van der Waals surface area (Å²) < 4.78 is 13.9. The first-order valence-corrected chi connectivity index (χ1v) is 6.84. The minimum atomic E-state index is -0.701. The minimum Gasteiger partial charge on any atom is -0.366 e. The molecule has 5 heteroatoms. The molecule has 2 aromatic rings. The van der Waals surface area contributed by atoms with Gasteiger partial charge in [0.25, 0.3) is 0 Å². The van der Waals surface area contributed by atoms with Crippen LogP contribution in [-0.2, 0) is 0 Å². The highest BCUT2D eigenvalue weighted by molar-refractivity contribution is 6.08. The molecule has 0 heterocycles. The minimum absolute atomic E-state index is 0.0900. The Morgan fingerprint density at radius 2 is 1.55 bits per heavy atom. The van der Waals surface area contributed by atoms with Crippen LogP contribution in [0.4, 0.5) is 4.39 Å². The van der Waals surface area contributed by atoms with Crippen LogP contribution in [0.1, 0.15) is 46.0 Å². The molecule has 0 aliphatic rings. The Labute approximate surface area is 127 Å². The number of halogens is 1. The van der Waals surface area contributed by atoms with Crippen molar-refractivity contribution in [3.8, 4) is 11.1 Å². The molecule has 0 aromatic heterocycles. The van der Waals surface area contributed by atoms with Crippen LogP contribution in [0.5, 0.6) is 0 Å². The fraction of sp³-hybridized carbons (Fsp3) is 0.176. The number of hydrogen-bond donors (Lipinski definition) is 2. The average Bonchev–Trinajstić information content (AvgIpc) is 2.45. The Kier molecular flexibility index (Phi) is 4.26. The number of amides is 2. The van der Waals surface area contributed by atoms with E-state index in [9.17, 15) is 14.0 Å². The second kappa shape index (κ2) is 5.97. The Morgan fingerprint density at radius 1 is 1.00 bits per heavy atom. The van der Waals surface area contributed by atoms with Crippen LogP contribution in [0.15, 0.2) is 36.4 Å². The summed E-state index contributed by atoms with van der Waals surface area (Å²) in [5.74, 6) is -1.76. The van der Waals surface area contributed by atoms with Crippen molar-refractivity contribution in [2.24, 2.45) is 11.5 Å². The third-order valence-corrected chi connectivity index (χ3v) is 3.47. The van der Waals surface area contributed by atoms with Gasteiger partial charge in [-0.2, -0.15) is 0 Å². The molecule has 2 amide bonds. The first-order valence-electron chi connectivity index (χ1n) is 6.84. The first kappa shape index (κ1) is 15.7. The molecule has 22 heavy (non-hydrogen) atoms. The maximum absolute atomic E-state index is 13.9. The van der Waals surface area contributed by atoms with Gasteiger partial charge in [0.05, 0.1) is 0 Å². The number of carbonyl (C=O) groups excluding carboxylic acids is 2. The van der Waals surface area contributed by atoms with Crippen molar-refractivity contribution in [2.45, 2.75) is 19.8 Å². The van der Waals surface area contributed by atoms with Crippen molar-refractivity contribution in [3.05, 3.63) is 58.9 Å². The van der Waals surface area contributed by atoms with E-state index in [2.05, 4.69) is 0 Å². The molecule has 0 atom stereocenters. The van der Waals surface area contributed by atoms with Gasteiger partial charge in [0.1, 0.15) is 5.82 Å². The number of carbonyl (C=O) groups is 2. The maximum atomic E-state index is 13.9. The zero-order valence-electron chi connectivity index (χ0n) is 12.4. The van der Waals surface area contributed by atoms with Crippen molar-refractivity contribution in [3.63, 3.8) is 0 Å². The van der Waals surface area contributed by atoms with Crippen molar-refractivity contribution in [2.75, 3.05) is 0 Å². The lowest BCUT2D eigenvalue weighted by Gasteiger charge is -2.14. The monoisotopic (exact) mass is 300 g/mol. The van der Waals surface area contributed by atoms with E-state index in [-0.39, 0.29) is 22.6 Å². The molecule has 4 N–H and O–H groups in total. The molecule has 0 fully saturated rings. The molecule has 0 spiro atoms. The summed E-state index contributed by atoms with van der Waals surface area (Å²) in [4.78, 5) is 23.3. The third kappa shape index (κ3) is 2.98. The van der Waals surface area contributed by atoms with Gasteiger partial charge in [-0.25, -0.2) is 4.39 Å². The molecule has 0 radical (unpaired) electrons. The third-order valence-electron chi connectivity index (χ3n) is 3.47. The fourth-order valence-corrected chi connectivity index (χ4v) is 2.36. The van der Waals surface area contributed by atoms with Gasteiger partial charge in [-0.05, 0) is 41.3 Å². The smallest absolute Gasteiger partial charge is 0.249 e. The number of hydrogen-bond acceptors (Lipinski definition) is 2. The number of benzene rings is 2. The predicted molar refractivity (Wildman–Crippen MR) is 83.0 cm³/mol. The van der Waals surface area contributed by atoms with E-state index in [1.807, 2.05) is 13.8 Å². The number of primary amides is 2. The lowest BCUT2D eigenvalue weighted by atomic mass is 9.90. The summed E-state index contributed by atoms with van der Waals surface area (Å²) in [7, 11) is 0. The SMILES string of the molecule is CC(C)c1cc(F)cc(-c2c(C(N)=O)cccc2C(N)=O)c1. The number of rotatable bonds is 4. The van der Waals surface area contributed by atoms with Gasteiger partial charge >= 0.3 is 0 Å². The molecule has 114 valence electrons. The quantitative estimate of drug-likeness (QED) is 0.909. The molecule has 0 saturated carbocycles. The van der Waals surface area contributed by atoms with E-state index in [0.717, 1.165) is 5.56 Å². The van der Waals surface area contributed by atoms with E-state index in [1.54, 1.807) is 6.07 Å². The second-order valence-electron chi connectivity index (χ2n) is 5.38. The van der Waals surface area contributed by atoms with E-state index < -0.39 is 17.6 Å². The van der Waals surface area contributed by atoms with Gasteiger partial charge in [-0.1, -0.05) is 26.0 Å². The average molecular weight is 300 g/mol. The topological polar surface area (TPSA) is 86.2 Å². The summed E-state index contributed by atoms with van der Waals surface area (Å²) in [6, 6.07) is 8.92. The van der Waals surface area contributed by atoms with Gasteiger partial charge in [0, 0.05) is 16.7 Å².